The Labute approximate surface area is 181 Å². The van der Waals surface area contributed by atoms with E-state index in [2.05, 4.69) is 15.3 Å². The average molecular weight is 439 g/mol. The molecule has 1 aromatic carbocycles. The Bertz CT molecular complexity index is 1170. The fraction of sp³-hybridized carbons (Fsp3) is 0.273. The molecule has 0 bridgehead atoms. The van der Waals surface area contributed by atoms with Crippen LogP contribution in [0.2, 0.25) is 0 Å². The molecular formula is C22H21N3O5S. The molecule has 1 saturated carbocycles. The summed E-state index contributed by atoms with van der Waals surface area (Å²) in [6.45, 7) is 0. The maximum absolute atomic E-state index is 13.3. The lowest BCUT2D eigenvalue weighted by Crippen LogP contribution is -2.26. The molecule has 9 heteroatoms. The smallest absolute Gasteiger partial charge is 0.358 e. The molecule has 0 aliphatic heterocycles. The van der Waals surface area contributed by atoms with Crippen molar-refractivity contribution in [2.24, 2.45) is 5.92 Å². The molecule has 1 unspecified atom stereocenters. The molecule has 1 aliphatic rings. The van der Waals surface area contributed by atoms with E-state index >= 15 is 0 Å². The molecular weight excluding hydrogens is 418 g/mol. The van der Waals surface area contributed by atoms with Crippen molar-refractivity contribution in [3.63, 3.8) is 0 Å². The predicted octanol–water partition coefficient (Wildman–Crippen LogP) is 3.81. The van der Waals surface area contributed by atoms with E-state index in [1.165, 1.54) is 11.3 Å². The van der Waals surface area contributed by atoms with Gasteiger partial charge in [-0.3, -0.25) is 9.59 Å². The first-order valence-electron chi connectivity index (χ1n) is 9.96. The lowest BCUT2D eigenvalue weighted by molar-refractivity contribution is -0.118. The third kappa shape index (κ3) is 4.22. The van der Waals surface area contributed by atoms with Crippen molar-refractivity contribution in [3.05, 3.63) is 63.4 Å². The van der Waals surface area contributed by atoms with Crippen molar-refractivity contribution in [1.82, 2.24) is 9.97 Å². The lowest BCUT2D eigenvalue weighted by Gasteiger charge is -2.23. The van der Waals surface area contributed by atoms with Crippen LogP contribution < -0.4 is 10.9 Å². The number of hydrogen-bond acceptors (Lipinski definition) is 6. The van der Waals surface area contributed by atoms with E-state index in [0.717, 1.165) is 31.2 Å². The zero-order chi connectivity index (χ0) is 22.0. The van der Waals surface area contributed by atoms with E-state index in [1.54, 1.807) is 11.4 Å². The molecule has 3 aromatic rings. The van der Waals surface area contributed by atoms with Crippen LogP contribution in [0, 0.1) is 5.92 Å². The molecule has 0 radical (unpaired) electrons. The number of aromatic carboxylic acids is 1. The number of carboxylic acids is 1. The number of thiophene rings is 1. The van der Waals surface area contributed by atoms with Crippen molar-refractivity contribution in [2.75, 3.05) is 5.32 Å². The maximum Gasteiger partial charge on any atom is 0.358 e. The van der Waals surface area contributed by atoms with E-state index in [0.29, 0.717) is 10.6 Å². The fourth-order valence-corrected chi connectivity index (χ4v) is 4.91. The first-order chi connectivity index (χ1) is 15.0. The zero-order valence-corrected chi connectivity index (χ0v) is 17.3. The van der Waals surface area contributed by atoms with Crippen LogP contribution in [0.25, 0.3) is 10.7 Å². The van der Waals surface area contributed by atoms with Gasteiger partial charge in [0.2, 0.25) is 11.7 Å². The van der Waals surface area contributed by atoms with E-state index in [1.807, 2.05) is 30.3 Å². The van der Waals surface area contributed by atoms with Gasteiger partial charge in [-0.2, -0.15) is 0 Å². The van der Waals surface area contributed by atoms with E-state index in [9.17, 15) is 24.6 Å². The third-order valence-corrected chi connectivity index (χ3v) is 6.47. The minimum atomic E-state index is -1.52. The minimum Gasteiger partial charge on any atom is -0.501 e. The molecule has 0 spiro atoms. The Morgan fingerprint density at radius 2 is 1.87 bits per heavy atom. The number of anilines is 1. The van der Waals surface area contributed by atoms with Crippen molar-refractivity contribution in [1.29, 1.82) is 0 Å². The summed E-state index contributed by atoms with van der Waals surface area (Å²) in [5, 5.41) is 23.5. The normalized spacial score (nSPS) is 15.0. The van der Waals surface area contributed by atoms with Crippen LogP contribution in [0.3, 0.4) is 0 Å². The number of aromatic amines is 1. The van der Waals surface area contributed by atoms with Gasteiger partial charge in [0, 0.05) is 0 Å². The van der Waals surface area contributed by atoms with Gasteiger partial charge in [-0.05, 0) is 35.8 Å². The second-order valence-electron chi connectivity index (χ2n) is 7.50. The lowest BCUT2D eigenvalue weighted by atomic mass is 9.84. The highest BCUT2D eigenvalue weighted by Crippen LogP contribution is 2.39. The molecule has 160 valence electrons. The number of amides is 1. The Morgan fingerprint density at radius 3 is 2.55 bits per heavy atom. The summed E-state index contributed by atoms with van der Waals surface area (Å²) in [7, 11) is 0. The molecule has 1 fully saturated rings. The van der Waals surface area contributed by atoms with Gasteiger partial charge in [-0.15, -0.1) is 11.3 Å². The van der Waals surface area contributed by atoms with Crippen molar-refractivity contribution in [2.45, 2.75) is 31.6 Å². The third-order valence-electron chi connectivity index (χ3n) is 5.55. The van der Waals surface area contributed by atoms with Crippen LogP contribution >= 0.6 is 11.3 Å². The van der Waals surface area contributed by atoms with Gasteiger partial charge in [-0.25, -0.2) is 9.78 Å². The van der Waals surface area contributed by atoms with Gasteiger partial charge in [0.1, 0.15) is 0 Å². The summed E-state index contributed by atoms with van der Waals surface area (Å²) >= 11 is 1.20. The van der Waals surface area contributed by atoms with Gasteiger partial charge >= 0.3 is 5.97 Å². The summed E-state index contributed by atoms with van der Waals surface area (Å²) in [6, 6.07) is 11.3. The van der Waals surface area contributed by atoms with Gasteiger partial charge in [0.25, 0.3) is 5.56 Å². The Hall–Kier alpha value is -3.46. The van der Waals surface area contributed by atoms with E-state index in [-0.39, 0.29) is 23.6 Å². The number of aromatic hydroxyl groups is 1. The maximum atomic E-state index is 13.3. The summed E-state index contributed by atoms with van der Waals surface area (Å²) in [6.07, 6.45) is 4.17. The van der Waals surface area contributed by atoms with E-state index in [4.69, 9.17) is 0 Å². The summed E-state index contributed by atoms with van der Waals surface area (Å²) in [5.74, 6) is -2.71. The first-order valence-corrected chi connectivity index (χ1v) is 10.8. The molecule has 0 saturated heterocycles. The monoisotopic (exact) mass is 439 g/mol. The molecule has 8 nitrogen and oxygen atoms in total. The van der Waals surface area contributed by atoms with Crippen LogP contribution in [-0.2, 0) is 4.79 Å². The zero-order valence-electron chi connectivity index (χ0n) is 16.5. The fourth-order valence-electron chi connectivity index (χ4n) is 4.11. The van der Waals surface area contributed by atoms with Crippen LogP contribution in [0.1, 0.15) is 47.7 Å². The van der Waals surface area contributed by atoms with Crippen molar-refractivity contribution in [3.8, 4) is 16.5 Å². The van der Waals surface area contributed by atoms with Gasteiger partial charge < -0.3 is 20.5 Å². The standard InChI is InChI=1S/C22H21N3O5S/c26-17-16(22(29)30)24-19(25-21(17)28)18-14(10-11-31-18)23-20(27)15(13-8-4-5-9-13)12-6-2-1-3-7-12/h1-3,6-7,10-11,13,15,26H,4-5,8-9H2,(H,23,27)(H,29,30)(H,24,25,28). The van der Waals surface area contributed by atoms with E-state index < -0.39 is 23.0 Å². The summed E-state index contributed by atoms with van der Waals surface area (Å²) in [4.78, 5) is 43.3. The van der Waals surface area contributed by atoms with Crippen LogP contribution in [0.4, 0.5) is 5.69 Å². The number of H-pyrrole nitrogens is 1. The number of nitrogens with one attached hydrogen (secondary N) is 2. The number of carbonyl (C=O) groups excluding carboxylic acids is 1. The quantitative estimate of drug-likeness (QED) is 0.462. The number of carbonyl (C=O) groups is 2. The van der Waals surface area contributed by atoms with Gasteiger partial charge in [0.05, 0.1) is 16.5 Å². The summed E-state index contributed by atoms with van der Waals surface area (Å²) < 4.78 is 0. The highest BCUT2D eigenvalue weighted by molar-refractivity contribution is 7.14. The van der Waals surface area contributed by atoms with Crippen LogP contribution in [0.15, 0.2) is 46.6 Å². The van der Waals surface area contributed by atoms with Gasteiger partial charge in [0.15, 0.2) is 11.5 Å². The molecule has 2 heterocycles. The number of benzene rings is 1. The molecule has 4 rings (SSSR count). The molecule has 2 aromatic heterocycles. The molecule has 1 aliphatic carbocycles. The summed E-state index contributed by atoms with van der Waals surface area (Å²) in [5.41, 5.74) is -0.314. The Balaban J connectivity index is 1.67. The number of hydrogen-bond donors (Lipinski definition) is 4. The van der Waals surface area contributed by atoms with Gasteiger partial charge in [-0.1, -0.05) is 43.2 Å². The number of rotatable bonds is 6. The van der Waals surface area contributed by atoms with Crippen molar-refractivity contribution < 1.29 is 19.8 Å². The number of carboxylic acid groups (broad SMARTS) is 1. The molecule has 1 amide bonds. The number of nitrogens with zero attached hydrogens (tertiary/aromatic N) is 1. The molecule has 31 heavy (non-hydrogen) atoms. The second-order valence-corrected chi connectivity index (χ2v) is 8.42. The second kappa shape index (κ2) is 8.73. The predicted molar refractivity (Wildman–Crippen MR) is 117 cm³/mol. The largest absolute Gasteiger partial charge is 0.501 e. The molecule has 4 N–H and O–H groups in total. The minimum absolute atomic E-state index is 0.0253. The SMILES string of the molecule is O=C(O)c1nc(-c2sccc2NC(=O)C(c2ccccc2)C2CCCC2)[nH]c(=O)c1O. The first kappa shape index (κ1) is 20.8. The number of aromatic nitrogens is 2. The average Bonchev–Trinajstić information content (AvgIpc) is 3.43. The Morgan fingerprint density at radius 1 is 1.16 bits per heavy atom. The Kier molecular flexibility index (Phi) is 5.85. The van der Waals surface area contributed by atoms with Crippen molar-refractivity contribution >= 4 is 28.9 Å². The topological polar surface area (TPSA) is 132 Å². The highest BCUT2D eigenvalue weighted by atomic mass is 32.1. The molecule has 1 atom stereocenters. The van der Waals surface area contributed by atoms with Crippen LogP contribution in [0.5, 0.6) is 5.75 Å². The van der Waals surface area contributed by atoms with Crippen LogP contribution in [-0.4, -0.2) is 32.1 Å². The highest BCUT2D eigenvalue weighted by Gasteiger charge is 2.32.